The monoisotopic (exact) mass is 486 g/mol. The van der Waals surface area contributed by atoms with Gasteiger partial charge in [-0.2, -0.15) is 0 Å². The van der Waals surface area contributed by atoms with Crippen LogP contribution in [0.1, 0.15) is 29.0 Å². The number of pyridine rings is 1. The Balaban J connectivity index is 1.17. The van der Waals surface area contributed by atoms with Gasteiger partial charge in [0.2, 0.25) is 0 Å². The summed E-state index contributed by atoms with van der Waals surface area (Å²) in [6, 6.07) is 13.6. The molecule has 0 atom stereocenters. The van der Waals surface area contributed by atoms with Crippen molar-refractivity contribution in [3.05, 3.63) is 60.0 Å². The van der Waals surface area contributed by atoms with Crippen molar-refractivity contribution in [2.45, 2.75) is 25.8 Å². The number of piperazine rings is 1. The summed E-state index contributed by atoms with van der Waals surface area (Å²) in [5.74, 6) is 2.66. The maximum Gasteiger partial charge on any atom is 0.255 e. The lowest BCUT2D eigenvalue weighted by atomic mass is 10.1. The van der Waals surface area contributed by atoms with E-state index in [0.29, 0.717) is 41.1 Å². The number of rotatable bonds is 8. The van der Waals surface area contributed by atoms with Crippen LogP contribution in [-0.4, -0.2) is 61.2 Å². The third-order valence-corrected chi connectivity index (χ3v) is 6.77. The zero-order chi connectivity index (χ0) is 24.5. The second kappa shape index (κ2) is 9.79. The fourth-order valence-electron chi connectivity index (χ4n) is 4.66. The number of nitrogens with one attached hydrogen (secondary N) is 2. The molecule has 4 aromatic rings. The first-order valence-corrected chi connectivity index (χ1v) is 12.6. The molecule has 0 spiro atoms. The van der Waals surface area contributed by atoms with Gasteiger partial charge in [-0.25, -0.2) is 0 Å². The average molecular weight is 487 g/mol. The molecule has 1 amide bonds. The van der Waals surface area contributed by atoms with E-state index in [4.69, 9.17) is 13.9 Å². The highest BCUT2D eigenvalue weighted by Crippen LogP contribution is 2.34. The lowest BCUT2D eigenvalue weighted by Gasteiger charge is -2.26. The number of ether oxygens (including phenoxy) is 2. The van der Waals surface area contributed by atoms with Crippen LogP contribution in [0, 0.1) is 6.92 Å². The van der Waals surface area contributed by atoms with E-state index >= 15 is 0 Å². The van der Waals surface area contributed by atoms with Crippen LogP contribution in [0.2, 0.25) is 0 Å². The Hall–Kier alpha value is -3.62. The van der Waals surface area contributed by atoms with Gasteiger partial charge < -0.3 is 24.5 Å². The van der Waals surface area contributed by atoms with Crippen LogP contribution in [0.5, 0.6) is 17.2 Å². The molecule has 2 aromatic heterocycles. The number of furan rings is 1. The molecule has 3 heterocycles. The fourth-order valence-corrected chi connectivity index (χ4v) is 4.66. The minimum atomic E-state index is -0.0755. The van der Waals surface area contributed by atoms with E-state index in [1.807, 2.05) is 49.4 Å². The van der Waals surface area contributed by atoms with E-state index in [9.17, 15) is 4.79 Å². The van der Waals surface area contributed by atoms with Gasteiger partial charge in [0.25, 0.3) is 5.91 Å². The van der Waals surface area contributed by atoms with E-state index in [2.05, 4.69) is 20.5 Å². The van der Waals surface area contributed by atoms with E-state index in [-0.39, 0.29) is 5.91 Å². The van der Waals surface area contributed by atoms with Gasteiger partial charge in [-0.1, -0.05) is 0 Å². The molecule has 1 saturated heterocycles. The summed E-state index contributed by atoms with van der Waals surface area (Å²) in [5.41, 5.74) is 2.04. The minimum absolute atomic E-state index is 0.0755. The molecule has 0 bridgehead atoms. The summed E-state index contributed by atoms with van der Waals surface area (Å²) in [5, 5.41) is 8.10. The van der Waals surface area contributed by atoms with Crippen molar-refractivity contribution < 1.29 is 18.7 Å². The molecule has 6 rings (SSSR count). The summed E-state index contributed by atoms with van der Waals surface area (Å²) < 4.78 is 18.1. The number of carbonyl (C=O) groups excluding carboxylic acids is 1. The van der Waals surface area contributed by atoms with E-state index in [0.717, 1.165) is 67.6 Å². The highest BCUT2D eigenvalue weighted by atomic mass is 16.5. The van der Waals surface area contributed by atoms with Gasteiger partial charge in [-0.15, -0.1) is 0 Å². The maximum absolute atomic E-state index is 12.7. The second-order valence-corrected chi connectivity index (χ2v) is 9.47. The third-order valence-electron chi connectivity index (χ3n) is 6.77. The largest absolute Gasteiger partial charge is 0.492 e. The van der Waals surface area contributed by atoms with Crippen LogP contribution in [-0.2, 0) is 0 Å². The number of nitrogens with zero attached hydrogens (tertiary/aromatic N) is 2. The highest BCUT2D eigenvalue weighted by Gasteiger charge is 2.27. The molecule has 1 saturated carbocycles. The molecule has 8 nitrogen and oxygen atoms in total. The van der Waals surface area contributed by atoms with Gasteiger partial charge in [-0.3, -0.25) is 14.7 Å². The quantitative estimate of drug-likeness (QED) is 0.385. The number of aryl methyl sites for hydroxylation is 1. The molecule has 2 fully saturated rings. The summed E-state index contributed by atoms with van der Waals surface area (Å²) in [4.78, 5) is 19.6. The zero-order valence-corrected chi connectivity index (χ0v) is 20.4. The van der Waals surface area contributed by atoms with E-state index in [1.54, 1.807) is 6.20 Å². The summed E-state index contributed by atoms with van der Waals surface area (Å²) in [6.07, 6.45) is 3.82. The van der Waals surface area contributed by atoms with Gasteiger partial charge >= 0.3 is 0 Å². The van der Waals surface area contributed by atoms with Crippen LogP contribution in [0.4, 0.5) is 0 Å². The standard InChI is InChI=1S/C28H30N4O4/c1-18-27(28(33)31-19-2-3-19)23-7-5-21(17-26(23)35-18)36-25-8-9-30-24-16-20(4-6-22(24)25)34-15-14-32-12-10-29-11-13-32/h4-9,16-17,19,29H,2-3,10-15H2,1H3,(H,31,33). The van der Waals surface area contributed by atoms with Crippen LogP contribution < -0.4 is 20.1 Å². The molecular weight excluding hydrogens is 456 g/mol. The number of hydrogen-bond donors (Lipinski definition) is 2. The number of amides is 1. The molecule has 1 aliphatic heterocycles. The number of hydrogen-bond acceptors (Lipinski definition) is 7. The van der Waals surface area contributed by atoms with Crippen molar-refractivity contribution in [2.75, 3.05) is 39.3 Å². The van der Waals surface area contributed by atoms with Crippen LogP contribution in [0.3, 0.4) is 0 Å². The second-order valence-electron chi connectivity index (χ2n) is 9.47. The molecule has 36 heavy (non-hydrogen) atoms. The third kappa shape index (κ3) is 4.87. The maximum atomic E-state index is 12.7. The smallest absolute Gasteiger partial charge is 0.255 e. The fraction of sp³-hybridized carbons (Fsp3) is 0.357. The summed E-state index contributed by atoms with van der Waals surface area (Å²) in [6.45, 7) is 7.56. The van der Waals surface area contributed by atoms with Gasteiger partial charge in [-0.05, 0) is 50.1 Å². The SMILES string of the molecule is Cc1oc2cc(Oc3ccnc4cc(OCCN5CCNCC5)ccc34)ccc2c1C(=O)NC1CC1. The molecule has 1 aliphatic carbocycles. The van der Waals surface area contributed by atoms with Gasteiger partial charge in [0.15, 0.2) is 0 Å². The molecule has 8 heteroatoms. The average Bonchev–Trinajstić information content (AvgIpc) is 3.63. The first-order valence-electron chi connectivity index (χ1n) is 12.6. The van der Waals surface area contributed by atoms with Crippen molar-refractivity contribution in [1.29, 1.82) is 0 Å². The lowest BCUT2D eigenvalue weighted by Crippen LogP contribution is -2.44. The van der Waals surface area contributed by atoms with Crippen molar-refractivity contribution in [3.63, 3.8) is 0 Å². The van der Waals surface area contributed by atoms with Crippen LogP contribution >= 0.6 is 0 Å². The Morgan fingerprint density at radius 1 is 1.11 bits per heavy atom. The van der Waals surface area contributed by atoms with Crippen LogP contribution in [0.15, 0.2) is 53.1 Å². The van der Waals surface area contributed by atoms with E-state index in [1.165, 1.54) is 0 Å². The predicted molar refractivity (Wildman–Crippen MR) is 138 cm³/mol. The predicted octanol–water partition coefficient (Wildman–Crippen LogP) is 4.26. The van der Waals surface area contributed by atoms with Crippen molar-refractivity contribution in [1.82, 2.24) is 20.5 Å². The Labute approximate surface area is 209 Å². The zero-order valence-electron chi connectivity index (χ0n) is 20.4. The number of benzene rings is 2. The number of fused-ring (bicyclic) bond motifs is 2. The van der Waals surface area contributed by atoms with Crippen LogP contribution in [0.25, 0.3) is 21.9 Å². The number of carbonyl (C=O) groups is 1. The van der Waals surface area contributed by atoms with Crippen molar-refractivity contribution >= 4 is 27.8 Å². The first kappa shape index (κ1) is 22.8. The Morgan fingerprint density at radius 3 is 2.75 bits per heavy atom. The molecule has 2 N–H and O–H groups in total. The normalized spacial score (nSPS) is 16.4. The number of aromatic nitrogens is 1. The topological polar surface area (TPSA) is 88.9 Å². The Kier molecular flexibility index (Phi) is 6.21. The van der Waals surface area contributed by atoms with Gasteiger partial charge in [0, 0.05) is 67.9 Å². The molecule has 2 aromatic carbocycles. The molecule has 0 radical (unpaired) electrons. The first-order chi connectivity index (χ1) is 17.6. The van der Waals surface area contributed by atoms with Gasteiger partial charge in [0.05, 0.1) is 11.1 Å². The summed E-state index contributed by atoms with van der Waals surface area (Å²) in [7, 11) is 0. The highest BCUT2D eigenvalue weighted by molar-refractivity contribution is 6.07. The molecule has 0 unspecified atom stereocenters. The van der Waals surface area contributed by atoms with E-state index < -0.39 is 0 Å². The van der Waals surface area contributed by atoms with Gasteiger partial charge in [0.1, 0.15) is 35.2 Å². The summed E-state index contributed by atoms with van der Waals surface area (Å²) >= 11 is 0. The van der Waals surface area contributed by atoms with Crippen molar-refractivity contribution in [2.24, 2.45) is 0 Å². The minimum Gasteiger partial charge on any atom is -0.492 e. The molecule has 186 valence electrons. The molecule has 2 aliphatic rings. The van der Waals surface area contributed by atoms with Crippen molar-refractivity contribution in [3.8, 4) is 17.2 Å². The lowest BCUT2D eigenvalue weighted by molar-refractivity contribution is 0.0951. The Morgan fingerprint density at radius 2 is 1.92 bits per heavy atom. The Bertz CT molecular complexity index is 1410. The molecular formula is C28H30N4O4.